The van der Waals surface area contributed by atoms with E-state index >= 15 is 0 Å². The van der Waals surface area contributed by atoms with Gasteiger partial charge >= 0.3 is 0 Å². The SMILES string of the molecule is [18F]CCn1cc(COCc2ccc(-c3nncnn3)cc2)nn1. The van der Waals surface area contributed by atoms with E-state index in [2.05, 4.69) is 30.7 Å². The van der Waals surface area contributed by atoms with Crippen LogP contribution in [0.4, 0.5) is 4.39 Å². The zero-order valence-corrected chi connectivity index (χ0v) is 12.2. The van der Waals surface area contributed by atoms with Gasteiger partial charge in [0.05, 0.1) is 26.0 Å². The third kappa shape index (κ3) is 4.10. The Labute approximate surface area is 131 Å². The molecule has 2 aromatic heterocycles. The number of hydrogen-bond acceptors (Lipinski definition) is 7. The Hall–Kier alpha value is -2.81. The van der Waals surface area contributed by atoms with E-state index in [-0.39, 0.29) is 6.54 Å². The summed E-state index contributed by atoms with van der Waals surface area (Å²) in [5, 5.41) is 22.9. The second kappa shape index (κ2) is 7.45. The van der Waals surface area contributed by atoms with E-state index in [1.807, 2.05) is 24.3 Å². The summed E-state index contributed by atoms with van der Waals surface area (Å²) in [7, 11) is 0. The first-order chi connectivity index (χ1) is 11.3. The smallest absolute Gasteiger partial charge is 0.203 e. The van der Waals surface area contributed by atoms with E-state index in [1.54, 1.807) is 6.20 Å². The molecular weight excluding hydrogens is 300 g/mol. The number of alkyl halides is 1. The number of benzene rings is 1. The Kier molecular flexibility index (Phi) is 4.89. The molecule has 0 saturated heterocycles. The lowest BCUT2D eigenvalue weighted by Gasteiger charge is -2.03. The van der Waals surface area contributed by atoms with E-state index < -0.39 is 6.67 Å². The first-order valence-corrected chi connectivity index (χ1v) is 6.97. The first-order valence-electron chi connectivity index (χ1n) is 6.97. The molecule has 0 spiro atoms. The predicted octanol–water partition coefficient (Wildman–Crippen LogP) is 1.21. The monoisotopic (exact) mass is 314 g/mol. The molecule has 3 rings (SSSR count). The zero-order chi connectivity index (χ0) is 15.9. The van der Waals surface area contributed by atoms with Gasteiger partial charge in [-0.05, 0) is 5.56 Å². The fraction of sp³-hybridized carbons (Fsp3) is 0.286. The van der Waals surface area contributed by atoms with Gasteiger partial charge in [-0.1, -0.05) is 29.5 Å². The van der Waals surface area contributed by atoms with Gasteiger partial charge in [-0.15, -0.1) is 25.5 Å². The fourth-order valence-electron chi connectivity index (χ4n) is 1.94. The molecule has 8 nitrogen and oxygen atoms in total. The zero-order valence-electron chi connectivity index (χ0n) is 12.2. The highest BCUT2D eigenvalue weighted by molar-refractivity contribution is 5.53. The van der Waals surface area contributed by atoms with Crippen LogP contribution in [0.2, 0.25) is 0 Å². The van der Waals surface area contributed by atoms with Crippen LogP contribution < -0.4 is 0 Å². The lowest BCUT2D eigenvalue weighted by atomic mass is 10.1. The molecule has 1 aromatic carbocycles. The highest BCUT2D eigenvalue weighted by atomic mass is 18.2. The molecule has 9 heteroatoms. The average molecular weight is 314 g/mol. The molecule has 0 bridgehead atoms. The molecule has 0 N–H and O–H groups in total. The van der Waals surface area contributed by atoms with Crippen LogP contribution in [0.25, 0.3) is 11.4 Å². The molecule has 0 aliphatic carbocycles. The second-order valence-electron chi connectivity index (χ2n) is 4.72. The van der Waals surface area contributed by atoms with Crippen LogP contribution in [0.1, 0.15) is 11.3 Å². The van der Waals surface area contributed by atoms with Crippen molar-refractivity contribution in [2.45, 2.75) is 19.8 Å². The van der Waals surface area contributed by atoms with Crippen molar-refractivity contribution in [3.63, 3.8) is 0 Å². The van der Waals surface area contributed by atoms with Crippen molar-refractivity contribution in [1.82, 2.24) is 35.4 Å². The van der Waals surface area contributed by atoms with Crippen molar-refractivity contribution in [3.8, 4) is 11.4 Å². The Balaban J connectivity index is 1.52. The third-order valence-electron chi connectivity index (χ3n) is 3.04. The number of ether oxygens (including phenoxy) is 1. The van der Waals surface area contributed by atoms with E-state index in [0.29, 0.717) is 24.7 Å². The van der Waals surface area contributed by atoms with Gasteiger partial charge in [-0.25, -0.2) is 9.07 Å². The number of aromatic nitrogens is 7. The maximum absolute atomic E-state index is 12.2. The summed E-state index contributed by atoms with van der Waals surface area (Å²) in [6, 6.07) is 7.61. The van der Waals surface area contributed by atoms with Gasteiger partial charge in [-0.3, -0.25) is 0 Å². The van der Waals surface area contributed by atoms with E-state index in [9.17, 15) is 4.39 Å². The van der Waals surface area contributed by atoms with Crippen molar-refractivity contribution in [2.75, 3.05) is 6.67 Å². The van der Waals surface area contributed by atoms with Crippen molar-refractivity contribution in [1.29, 1.82) is 0 Å². The molecule has 23 heavy (non-hydrogen) atoms. The lowest BCUT2D eigenvalue weighted by molar-refractivity contribution is 0.104. The maximum Gasteiger partial charge on any atom is 0.203 e. The molecule has 0 saturated carbocycles. The number of rotatable bonds is 7. The molecule has 0 fully saturated rings. The molecular formula is C14H14FN7O. The molecule has 3 aromatic rings. The molecule has 0 atom stereocenters. The van der Waals surface area contributed by atoms with Gasteiger partial charge in [0.25, 0.3) is 0 Å². The standard InChI is InChI=1S/C14H14FN7O/c15-5-6-22-7-13(18-21-22)9-23-8-11-1-3-12(4-2-11)14-19-16-10-17-20-14/h1-4,7,10H,5-6,8-9H2/i15-1. The minimum atomic E-state index is -0.466. The Morgan fingerprint density at radius 2 is 1.78 bits per heavy atom. The van der Waals surface area contributed by atoms with Crippen LogP contribution in [-0.4, -0.2) is 42.1 Å². The highest BCUT2D eigenvalue weighted by Gasteiger charge is 2.03. The summed E-state index contributed by atoms with van der Waals surface area (Å²) in [4.78, 5) is 0. The molecule has 118 valence electrons. The molecule has 0 radical (unpaired) electrons. The Morgan fingerprint density at radius 3 is 2.52 bits per heavy atom. The van der Waals surface area contributed by atoms with Crippen LogP contribution in [0.15, 0.2) is 36.8 Å². The van der Waals surface area contributed by atoms with Crippen LogP contribution in [0, 0.1) is 0 Å². The number of hydrogen-bond donors (Lipinski definition) is 0. The van der Waals surface area contributed by atoms with Crippen LogP contribution in [0.5, 0.6) is 0 Å². The van der Waals surface area contributed by atoms with Crippen LogP contribution >= 0.6 is 0 Å². The number of aryl methyl sites for hydroxylation is 1. The van der Waals surface area contributed by atoms with Gasteiger partial charge < -0.3 is 4.74 Å². The number of nitrogens with zero attached hydrogens (tertiary/aromatic N) is 7. The summed E-state index contributed by atoms with van der Waals surface area (Å²) in [5.41, 5.74) is 2.51. The summed E-state index contributed by atoms with van der Waals surface area (Å²) in [6.07, 6.45) is 2.96. The van der Waals surface area contributed by atoms with Gasteiger partial charge in [0.1, 0.15) is 12.4 Å². The largest absolute Gasteiger partial charge is 0.370 e. The first kappa shape index (κ1) is 15.1. The fourth-order valence-corrected chi connectivity index (χ4v) is 1.94. The molecule has 0 amide bonds. The quantitative estimate of drug-likeness (QED) is 0.647. The maximum atomic E-state index is 12.2. The Bertz CT molecular complexity index is 732. The van der Waals surface area contributed by atoms with E-state index in [4.69, 9.17) is 4.74 Å². The minimum absolute atomic E-state index is 0.208. The molecule has 2 heterocycles. The van der Waals surface area contributed by atoms with Crippen LogP contribution in [0.3, 0.4) is 0 Å². The van der Waals surface area contributed by atoms with Crippen LogP contribution in [-0.2, 0) is 24.5 Å². The van der Waals surface area contributed by atoms with Gasteiger partial charge in [0, 0.05) is 5.56 Å². The summed E-state index contributed by atoms with van der Waals surface area (Å²) in [5.74, 6) is 0.476. The highest BCUT2D eigenvalue weighted by Crippen LogP contribution is 2.14. The topological polar surface area (TPSA) is 91.5 Å². The van der Waals surface area contributed by atoms with Crippen molar-refractivity contribution < 1.29 is 9.13 Å². The van der Waals surface area contributed by atoms with Gasteiger partial charge in [0.2, 0.25) is 5.82 Å². The van der Waals surface area contributed by atoms with E-state index in [1.165, 1.54) is 11.0 Å². The van der Waals surface area contributed by atoms with Gasteiger partial charge in [0.15, 0.2) is 6.33 Å². The minimum Gasteiger partial charge on any atom is -0.370 e. The molecule has 0 aliphatic heterocycles. The second-order valence-corrected chi connectivity index (χ2v) is 4.72. The lowest BCUT2D eigenvalue weighted by Crippen LogP contribution is -1.99. The predicted molar refractivity (Wildman–Crippen MR) is 77.5 cm³/mol. The summed E-state index contributed by atoms with van der Waals surface area (Å²) >= 11 is 0. The Morgan fingerprint density at radius 1 is 1.00 bits per heavy atom. The van der Waals surface area contributed by atoms with E-state index in [0.717, 1.165) is 11.1 Å². The third-order valence-corrected chi connectivity index (χ3v) is 3.04. The average Bonchev–Trinajstić information content (AvgIpc) is 3.04. The number of halogens is 1. The van der Waals surface area contributed by atoms with Crippen molar-refractivity contribution >= 4 is 0 Å². The van der Waals surface area contributed by atoms with Gasteiger partial charge in [-0.2, -0.15) is 0 Å². The van der Waals surface area contributed by atoms with Crippen molar-refractivity contribution in [3.05, 3.63) is 48.0 Å². The summed E-state index contributed by atoms with van der Waals surface area (Å²) in [6.45, 7) is 0.498. The molecule has 0 aliphatic rings. The summed E-state index contributed by atoms with van der Waals surface area (Å²) < 4.78 is 19.2. The van der Waals surface area contributed by atoms with Crippen molar-refractivity contribution in [2.24, 2.45) is 0 Å². The molecule has 0 unspecified atom stereocenters. The normalized spacial score (nSPS) is 10.8.